The first kappa shape index (κ1) is 20.2. The summed E-state index contributed by atoms with van der Waals surface area (Å²) < 4.78 is 5.45. The van der Waals surface area contributed by atoms with Crippen molar-refractivity contribution in [3.63, 3.8) is 0 Å². The molecular formula is C19H29N3O4. The van der Waals surface area contributed by atoms with E-state index in [2.05, 4.69) is 18.7 Å². The normalized spacial score (nSPS) is 16.5. The minimum Gasteiger partial charge on any atom is -0.381 e. The van der Waals surface area contributed by atoms with Crippen molar-refractivity contribution in [3.05, 3.63) is 33.9 Å². The van der Waals surface area contributed by atoms with Gasteiger partial charge < -0.3 is 15.4 Å². The molecule has 7 heteroatoms. The van der Waals surface area contributed by atoms with Gasteiger partial charge in [0.25, 0.3) is 5.69 Å². The topological polar surface area (TPSA) is 98.7 Å². The molecule has 144 valence electrons. The van der Waals surface area contributed by atoms with E-state index in [0.717, 1.165) is 24.9 Å². The van der Waals surface area contributed by atoms with Gasteiger partial charge in [0.1, 0.15) is 5.69 Å². The summed E-state index contributed by atoms with van der Waals surface area (Å²) in [6.07, 6.45) is 1.90. The Morgan fingerprint density at radius 1 is 1.35 bits per heavy atom. The summed E-state index contributed by atoms with van der Waals surface area (Å²) in [5.41, 5.74) is 6.76. The molecule has 1 saturated heterocycles. The van der Waals surface area contributed by atoms with Gasteiger partial charge in [-0.2, -0.15) is 0 Å². The smallest absolute Gasteiger partial charge is 0.292 e. The number of carbonyl (C=O) groups excluding carboxylic acids is 1. The second-order valence-electron chi connectivity index (χ2n) is 7.47. The maximum Gasteiger partial charge on any atom is 0.292 e. The Labute approximate surface area is 154 Å². The molecule has 0 bridgehead atoms. The van der Waals surface area contributed by atoms with E-state index in [1.54, 1.807) is 6.07 Å². The molecule has 1 aliphatic heterocycles. The molecule has 1 aliphatic rings. The molecule has 0 radical (unpaired) electrons. The summed E-state index contributed by atoms with van der Waals surface area (Å²) in [5.74, 6) is -0.180. The minimum atomic E-state index is -0.409. The average Bonchev–Trinajstić information content (AvgIpc) is 2.59. The third-order valence-corrected chi connectivity index (χ3v) is 4.78. The molecule has 7 nitrogen and oxygen atoms in total. The van der Waals surface area contributed by atoms with E-state index in [-0.39, 0.29) is 29.0 Å². The lowest BCUT2D eigenvalue weighted by Gasteiger charge is -2.37. The van der Waals surface area contributed by atoms with Gasteiger partial charge >= 0.3 is 0 Å². The maximum atomic E-state index is 11.8. The number of nitrogens with two attached hydrogens (primary N) is 1. The van der Waals surface area contributed by atoms with Gasteiger partial charge in [-0.05, 0) is 36.3 Å². The van der Waals surface area contributed by atoms with Crippen LogP contribution in [0, 0.1) is 16.0 Å². The summed E-state index contributed by atoms with van der Waals surface area (Å²) in [4.78, 5) is 24.8. The van der Waals surface area contributed by atoms with E-state index in [9.17, 15) is 14.9 Å². The summed E-state index contributed by atoms with van der Waals surface area (Å²) in [6.45, 7) is 8.19. The number of nitro groups is 1. The Hall–Kier alpha value is -2.15. The number of ether oxygens (including phenoxy) is 1. The van der Waals surface area contributed by atoms with Gasteiger partial charge in [-0.3, -0.25) is 14.9 Å². The highest BCUT2D eigenvalue weighted by Crippen LogP contribution is 2.35. The quantitative estimate of drug-likeness (QED) is 0.565. The van der Waals surface area contributed by atoms with Crippen LogP contribution in [0.2, 0.25) is 0 Å². The van der Waals surface area contributed by atoms with E-state index >= 15 is 0 Å². The fourth-order valence-corrected chi connectivity index (χ4v) is 3.49. The SMILES string of the molecule is CC(C)CN(c1ccc(C(C)CC(N)=O)cc1[N+](=O)[O-])C1CCOCC1. The molecule has 0 aromatic heterocycles. The molecule has 1 aromatic rings. The lowest BCUT2D eigenvalue weighted by molar-refractivity contribution is -0.384. The van der Waals surface area contributed by atoms with Crippen LogP contribution in [0.3, 0.4) is 0 Å². The molecule has 0 aliphatic carbocycles. The maximum absolute atomic E-state index is 11.8. The predicted molar refractivity (Wildman–Crippen MR) is 101 cm³/mol. The Kier molecular flexibility index (Phi) is 6.97. The van der Waals surface area contributed by atoms with E-state index in [1.807, 2.05) is 19.1 Å². The van der Waals surface area contributed by atoms with Gasteiger partial charge in [-0.15, -0.1) is 0 Å². The molecule has 1 amide bonds. The first-order chi connectivity index (χ1) is 12.3. The van der Waals surface area contributed by atoms with E-state index in [1.165, 1.54) is 0 Å². The van der Waals surface area contributed by atoms with Crippen LogP contribution in [0.25, 0.3) is 0 Å². The first-order valence-corrected chi connectivity index (χ1v) is 9.20. The first-order valence-electron chi connectivity index (χ1n) is 9.20. The van der Waals surface area contributed by atoms with Crippen molar-refractivity contribution in [2.75, 3.05) is 24.7 Å². The minimum absolute atomic E-state index is 0.0889. The van der Waals surface area contributed by atoms with Crippen molar-refractivity contribution >= 4 is 17.3 Å². The van der Waals surface area contributed by atoms with Gasteiger partial charge in [0, 0.05) is 38.3 Å². The monoisotopic (exact) mass is 363 g/mol. The zero-order valence-corrected chi connectivity index (χ0v) is 15.8. The number of primary amides is 1. The summed E-state index contributed by atoms with van der Waals surface area (Å²) in [6, 6.07) is 5.53. The van der Waals surface area contributed by atoms with Gasteiger partial charge in [-0.1, -0.05) is 26.8 Å². The van der Waals surface area contributed by atoms with Crippen molar-refractivity contribution in [1.82, 2.24) is 0 Å². The molecule has 1 aromatic carbocycles. The largest absolute Gasteiger partial charge is 0.381 e. The van der Waals surface area contributed by atoms with Crippen molar-refractivity contribution in [3.8, 4) is 0 Å². The average molecular weight is 363 g/mol. The molecule has 1 fully saturated rings. The van der Waals surface area contributed by atoms with Crippen LogP contribution in [0.5, 0.6) is 0 Å². The van der Waals surface area contributed by atoms with Gasteiger partial charge in [-0.25, -0.2) is 0 Å². The second-order valence-corrected chi connectivity index (χ2v) is 7.47. The van der Waals surface area contributed by atoms with Gasteiger partial charge in [0.05, 0.1) is 4.92 Å². The Bertz CT molecular complexity index is 642. The number of carbonyl (C=O) groups is 1. The molecule has 1 unspecified atom stereocenters. The molecule has 0 saturated carbocycles. The molecule has 26 heavy (non-hydrogen) atoms. The number of nitrogens with zero attached hydrogens (tertiary/aromatic N) is 2. The third-order valence-electron chi connectivity index (χ3n) is 4.78. The highest BCUT2D eigenvalue weighted by Gasteiger charge is 2.28. The molecule has 2 N–H and O–H groups in total. The molecular weight excluding hydrogens is 334 g/mol. The lowest BCUT2D eigenvalue weighted by atomic mass is 9.95. The second kappa shape index (κ2) is 8.98. The molecule has 2 rings (SSSR count). The number of hydrogen-bond acceptors (Lipinski definition) is 5. The van der Waals surface area contributed by atoms with E-state index < -0.39 is 5.91 Å². The molecule has 0 spiro atoms. The molecule has 1 atom stereocenters. The highest BCUT2D eigenvalue weighted by atomic mass is 16.6. The Morgan fingerprint density at radius 3 is 2.54 bits per heavy atom. The number of amides is 1. The Balaban J connectivity index is 2.39. The van der Waals surface area contributed by atoms with Gasteiger partial charge in [0.2, 0.25) is 5.91 Å². The van der Waals surface area contributed by atoms with Crippen LogP contribution in [-0.2, 0) is 9.53 Å². The number of rotatable bonds is 8. The summed E-state index contributed by atoms with van der Waals surface area (Å²) in [7, 11) is 0. The van der Waals surface area contributed by atoms with E-state index in [4.69, 9.17) is 10.5 Å². The number of anilines is 1. The van der Waals surface area contributed by atoms with Crippen LogP contribution in [0.4, 0.5) is 11.4 Å². The summed E-state index contributed by atoms with van der Waals surface area (Å²) >= 11 is 0. The molecule has 1 heterocycles. The van der Waals surface area contributed by atoms with Crippen LogP contribution < -0.4 is 10.6 Å². The van der Waals surface area contributed by atoms with E-state index in [0.29, 0.717) is 24.8 Å². The van der Waals surface area contributed by atoms with Gasteiger partial charge in [0.15, 0.2) is 0 Å². The van der Waals surface area contributed by atoms with Crippen molar-refractivity contribution in [1.29, 1.82) is 0 Å². The van der Waals surface area contributed by atoms with Crippen molar-refractivity contribution < 1.29 is 14.5 Å². The van der Waals surface area contributed by atoms with Crippen LogP contribution in [-0.4, -0.2) is 36.6 Å². The third kappa shape index (κ3) is 5.17. The standard InChI is InChI=1S/C19H29N3O4/c1-13(2)12-21(16-6-8-26-9-7-16)17-5-4-15(11-18(17)22(24)25)14(3)10-19(20)23/h4-5,11,13-14,16H,6-10,12H2,1-3H3,(H2,20,23). The fraction of sp³-hybridized carbons (Fsp3) is 0.632. The number of hydrogen-bond donors (Lipinski definition) is 1. The predicted octanol–water partition coefficient (Wildman–Crippen LogP) is 3.22. The van der Waals surface area contributed by atoms with Crippen LogP contribution in [0.15, 0.2) is 18.2 Å². The summed E-state index contributed by atoms with van der Waals surface area (Å²) in [5, 5.41) is 11.8. The zero-order chi connectivity index (χ0) is 19.3. The number of benzene rings is 1. The highest BCUT2D eigenvalue weighted by molar-refractivity contribution is 5.75. The van der Waals surface area contributed by atoms with Crippen LogP contribution >= 0.6 is 0 Å². The van der Waals surface area contributed by atoms with Crippen LogP contribution in [0.1, 0.15) is 51.5 Å². The zero-order valence-electron chi connectivity index (χ0n) is 15.8. The van der Waals surface area contributed by atoms with Crippen molar-refractivity contribution in [2.45, 2.75) is 52.0 Å². The number of nitro benzene ring substituents is 1. The Morgan fingerprint density at radius 2 is 2.00 bits per heavy atom. The van der Waals surface area contributed by atoms with Crippen molar-refractivity contribution in [2.24, 2.45) is 11.7 Å². The lowest BCUT2D eigenvalue weighted by Crippen LogP contribution is -2.42. The fourth-order valence-electron chi connectivity index (χ4n) is 3.49.